The first-order valence-corrected chi connectivity index (χ1v) is 7.74. The Balaban J connectivity index is 1.78. The molecule has 2 fully saturated rings. The molecule has 114 valence electrons. The summed E-state index contributed by atoms with van der Waals surface area (Å²) in [4.78, 5) is 14.5. The summed E-state index contributed by atoms with van der Waals surface area (Å²) in [5.74, 6) is 1.48. The summed E-state index contributed by atoms with van der Waals surface area (Å²) in [6.07, 6.45) is 2.32. The molecule has 5 rings (SSSR count). The van der Waals surface area contributed by atoms with Crippen LogP contribution in [-0.4, -0.2) is 30.5 Å². The second-order valence-electron chi connectivity index (χ2n) is 6.63. The van der Waals surface area contributed by atoms with Crippen molar-refractivity contribution >= 4 is 16.9 Å². The van der Waals surface area contributed by atoms with Gasteiger partial charge in [-0.2, -0.15) is 0 Å². The van der Waals surface area contributed by atoms with Gasteiger partial charge in [-0.25, -0.2) is 4.39 Å². The highest BCUT2D eigenvalue weighted by atomic mass is 19.1. The second kappa shape index (κ2) is 4.03. The third-order valence-electron chi connectivity index (χ3n) is 5.57. The predicted octanol–water partition coefficient (Wildman–Crippen LogP) is 2.84. The zero-order valence-corrected chi connectivity index (χ0v) is 12.3. The molecule has 1 aromatic carbocycles. The Hall–Kier alpha value is -2.04. The van der Waals surface area contributed by atoms with Gasteiger partial charge >= 0.3 is 0 Å². The van der Waals surface area contributed by atoms with Gasteiger partial charge in [-0.1, -0.05) is 0 Å². The Kier molecular flexibility index (Phi) is 2.29. The molecule has 3 heterocycles. The van der Waals surface area contributed by atoms with E-state index in [0.717, 1.165) is 30.7 Å². The SMILES string of the molecule is COc1ccc2oc3c(c2c1F)CC(=O)N1C[C@H]2C[C@@H]3[C@@H]1C2. The molecule has 1 aromatic heterocycles. The van der Waals surface area contributed by atoms with Crippen molar-refractivity contribution in [3.05, 3.63) is 29.3 Å². The molecule has 1 amide bonds. The minimum atomic E-state index is -0.420. The second-order valence-corrected chi connectivity index (χ2v) is 6.63. The molecule has 4 nitrogen and oxygen atoms in total. The Morgan fingerprint density at radius 1 is 1.36 bits per heavy atom. The number of halogens is 1. The summed E-state index contributed by atoms with van der Waals surface area (Å²) in [6, 6.07) is 3.56. The number of carbonyl (C=O) groups excluding carboxylic acids is 1. The molecule has 0 N–H and O–H groups in total. The summed E-state index contributed by atoms with van der Waals surface area (Å²) in [6.45, 7) is 0.855. The molecule has 1 aliphatic carbocycles. The summed E-state index contributed by atoms with van der Waals surface area (Å²) in [5, 5.41) is 0.425. The van der Waals surface area contributed by atoms with Gasteiger partial charge in [0.1, 0.15) is 11.3 Å². The largest absolute Gasteiger partial charge is 0.494 e. The average molecular weight is 301 g/mol. The number of nitrogens with zero attached hydrogens (tertiary/aromatic N) is 1. The van der Waals surface area contributed by atoms with Crippen molar-refractivity contribution in [3.8, 4) is 5.75 Å². The highest BCUT2D eigenvalue weighted by Gasteiger charge is 2.51. The number of benzene rings is 1. The molecule has 5 heteroatoms. The van der Waals surface area contributed by atoms with Crippen LogP contribution in [0.25, 0.3) is 11.0 Å². The van der Waals surface area contributed by atoms with Crippen molar-refractivity contribution in [3.63, 3.8) is 0 Å². The highest BCUT2D eigenvalue weighted by Crippen LogP contribution is 2.51. The van der Waals surface area contributed by atoms with E-state index in [0.29, 0.717) is 16.9 Å². The number of piperidine rings is 1. The number of fused-ring (bicyclic) bond motifs is 5. The molecule has 2 aromatic rings. The van der Waals surface area contributed by atoms with Crippen LogP contribution in [0.1, 0.15) is 30.1 Å². The van der Waals surface area contributed by atoms with Crippen molar-refractivity contribution in [1.82, 2.24) is 4.90 Å². The first-order valence-electron chi connectivity index (χ1n) is 7.74. The third-order valence-corrected chi connectivity index (χ3v) is 5.57. The van der Waals surface area contributed by atoms with Gasteiger partial charge in [-0.3, -0.25) is 4.79 Å². The zero-order chi connectivity index (χ0) is 15.0. The van der Waals surface area contributed by atoms with Crippen LogP contribution in [0.5, 0.6) is 5.75 Å². The average Bonchev–Trinajstić information content (AvgIpc) is 3.18. The van der Waals surface area contributed by atoms with E-state index in [2.05, 4.69) is 0 Å². The Morgan fingerprint density at radius 2 is 2.23 bits per heavy atom. The minimum absolute atomic E-state index is 0.0980. The lowest BCUT2D eigenvalue weighted by Gasteiger charge is -2.30. The van der Waals surface area contributed by atoms with Gasteiger partial charge in [0.2, 0.25) is 5.91 Å². The first-order chi connectivity index (χ1) is 10.7. The molecular weight excluding hydrogens is 285 g/mol. The van der Waals surface area contributed by atoms with E-state index in [4.69, 9.17) is 9.15 Å². The number of rotatable bonds is 1. The number of methoxy groups -OCH3 is 1. The van der Waals surface area contributed by atoms with Crippen molar-refractivity contribution < 1.29 is 18.3 Å². The van der Waals surface area contributed by atoms with Gasteiger partial charge in [0.25, 0.3) is 0 Å². The van der Waals surface area contributed by atoms with Crippen molar-refractivity contribution in [2.24, 2.45) is 5.92 Å². The predicted molar refractivity (Wildman–Crippen MR) is 77.4 cm³/mol. The number of ether oxygens (including phenoxy) is 1. The third kappa shape index (κ3) is 1.39. The monoisotopic (exact) mass is 301 g/mol. The van der Waals surface area contributed by atoms with Crippen molar-refractivity contribution in [2.75, 3.05) is 13.7 Å². The number of carbonyl (C=O) groups is 1. The van der Waals surface area contributed by atoms with Crippen LogP contribution < -0.4 is 4.74 Å². The molecule has 1 saturated heterocycles. The summed E-state index contributed by atoms with van der Waals surface area (Å²) < 4.78 is 25.8. The number of amides is 1. The van der Waals surface area contributed by atoms with Crippen molar-refractivity contribution in [1.29, 1.82) is 0 Å². The van der Waals surface area contributed by atoms with Crippen LogP contribution in [0.4, 0.5) is 4.39 Å². The van der Waals surface area contributed by atoms with Gasteiger partial charge in [-0.15, -0.1) is 0 Å². The van der Waals surface area contributed by atoms with Crippen LogP contribution in [0.2, 0.25) is 0 Å². The van der Waals surface area contributed by atoms with Crippen LogP contribution in [0, 0.1) is 11.7 Å². The number of furan rings is 1. The standard InChI is InChI=1S/C17H16FNO3/c1-21-13-3-2-12-15(16(13)18)10-6-14(20)19-7-8-4-9(11(19)5-8)17(10)22-12/h2-3,8-9,11H,4-7H2,1H3/t8-,9+,11-/m0/s1. The van der Waals surface area contributed by atoms with E-state index in [1.54, 1.807) is 12.1 Å². The lowest BCUT2D eigenvalue weighted by Crippen LogP contribution is -2.40. The van der Waals surface area contributed by atoms with Crippen LogP contribution in [0.15, 0.2) is 16.5 Å². The maximum Gasteiger partial charge on any atom is 0.227 e. The lowest BCUT2D eigenvalue weighted by atomic mass is 9.94. The quantitative estimate of drug-likeness (QED) is 0.813. The fourth-order valence-corrected chi connectivity index (χ4v) is 4.69. The van der Waals surface area contributed by atoms with Crippen molar-refractivity contribution in [2.45, 2.75) is 31.2 Å². The Morgan fingerprint density at radius 3 is 3.00 bits per heavy atom. The highest BCUT2D eigenvalue weighted by molar-refractivity contribution is 5.91. The summed E-state index contributed by atoms with van der Waals surface area (Å²) in [7, 11) is 1.45. The maximum atomic E-state index is 14.7. The van der Waals surface area contributed by atoms with Gasteiger partial charge in [0, 0.05) is 24.1 Å². The fourth-order valence-electron chi connectivity index (χ4n) is 4.69. The molecule has 0 spiro atoms. The normalized spacial score (nSPS) is 29.1. The first kappa shape index (κ1) is 12.5. The Labute approximate surface area is 126 Å². The van der Waals surface area contributed by atoms with E-state index in [-0.39, 0.29) is 30.0 Å². The van der Waals surface area contributed by atoms with Gasteiger partial charge in [0.15, 0.2) is 11.6 Å². The van der Waals surface area contributed by atoms with Crippen LogP contribution >= 0.6 is 0 Å². The minimum Gasteiger partial charge on any atom is -0.494 e. The smallest absolute Gasteiger partial charge is 0.227 e. The fraction of sp³-hybridized carbons (Fsp3) is 0.471. The maximum absolute atomic E-state index is 14.7. The molecule has 2 bridgehead atoms. The summed E-state index contributed by atoms with van der Waals surface area (Å²) in [5.41, 5.74) is 1.25. The molecule has 1 saturated carbocycles. The van der Waals surface area contributed by atoms with E-state index >= 15 is 0 Å². The number of hydrogen-bond acceptors (Lipinski definition) is 3. The molecule has 3 atom stereocenters. The van der Waals surface area contributed by atoms with E-state index in [1.807, 2.05) is 4.90 Å². The molecule has 0 unspecified atom stereocenters. The molecule has 0 radical (unpaired) electrons. The molecule has 22 heavy (non-hydrogen) atoms. The summed E-state index contributed by atoms with van der Waals surface area (Å²) >= 11 is 0. The topological polar surface area (TPSA) is 42.7 Å². The van der Waals surface area contributed by atoms with Gasteiger partial charge < -0.3 is 14.1 Å². The van der Waals surface area contributed by atoms with Gasteiger partial charge in [0.05, 0.1) is 18.9 Å². The van der Waals surface area contributed by atoms with Gasteiger partial charge in [-0.05, 0) is 30.9 Å². The van der Waals surface area contributed by atoms with E-state index in [9.17, 15) is 9.18 Å². The zero-order valence-electron chi connectivity index (χ0n) is 12.3. The molecule has 2 aliphatic heterocycles. The molecular formula is C17H16FNO3. The molecule has 3 aliphatic rings. The van der Waals surface area contributed by atoms with Crippen LogP contribution in [-0.2, 0) is 11.2 Å². The van der Waals surface area contributed by atoms with E-state index < -0.39 is 5.82 Å². The van der Waals surface area contributed by atoms with E-state index in [1.165, 1.54) is 7.11 Å². The Bertz CT molecular complexity index is 812. The number of hydrogen-bond donors (Lipinski definition) is 0. The van der Waals surface area contributed by atoms with Crippen LogP contribution in [0.3, 0.4) is 0 Å². The lowest BCUT2D eigenvalue weighted by molar-refractivity contribution is -0.132.